The second-order valence-electron chi connectivity index (χ2n) is 5.11. The average molecular weight is 298 g/mol. The Balaban J connectivity index is 2.34. The summed E-state index contributed by atoms with van der Waals surface area (Å²) >= 11 is 0. The van der Waals surface area contributed by atoms with Crippen LogP contribution >= 0.6 is 0 Å². The molecule has 0 saturated heterocycles. The molecule has 0 heterocycles. The van der Waals surface area contributed by atoms with Crippen LogP contribution in [0.15, 0.2) is 36.4 Å². The summed E-state index contributed by atoms with van der Waals surface area (Å²) in [6, 6.07) is 9.87. The Kier molecular flexibility index (Phi) is 3.02. The number of carboxylic acids is 2. The van der Waals surface area contributed by atoms with Gasteiger partial charge < -0.3 is 10.2 Å². The molecule has 1 aliphatic rings. The molecule has 1 aliphatic carbocycles. The molecule has 0 aliphatic heterocycles. The Labute approximate surface area is 124 Å². The van der Waals surface area contributed by atoms with Crippen molar-refractivity contribution in [3.8, 4) is 0 Å². The van der Waals surface area contributed by atoms with E-state index >= 15 is 0 Å². The van der Waals surface area contributed by atoms with Crippen LogP contribution in [-0.2, 0) is 14.4 Å². The third-order valence-electron chi connectivity index (χ3n) is 3.87. The number of carbonyl (C=O) groups is 4. The number of hydrogen-bond acceptors (Lipinski definition) is 4. The molecular formula is C16H10O6. The van der Waals surface area contributed by atoms with Crippen LogP contribution in [0.3, 0.4) is 0 Å². The maximum Gasteiger partial charge on any atom is 0.315 e. The lowest BCUT2D eigenvalue weighted by Gasteiger charge is -2.26. The smallest absolute Gasteiger partial charge is 0.315 e. The summed E-state index contributed by atoms with van der Waals surface area (Å²) in [6.45, 7) is 0. The van der Waals surface area contributed by atoms with Gasteiger partial charge in [-0.25, -0.2) is 0 Å². The quantitative estimate of drug-likeness (QED) is 0.642. The van der Waals surface area contributed by atoms with Crippen LogP contribution in [0.5, 0.6) is 0 Å². The second kappa shape index (κ2) is 4.77. The molecule has 0 bridgehead atoms. The van der Waals surface area contributed by atoms with E-state index in [0.717, 1.165) is 0 Å². The van der Waals surface area contributed by atoms with Crippen molar-refractivity contribution in [2.45, 2.75) is 5.92 Å². The molecule has 22 heavy (non-hydrogen) atoms. The van der Waals surface area contributed by atoms with Gasteiger partial charge in [0.15, 0.2) is 0 Å². The van der Waals surface area contributed by atoms with Gasteiger partial charge in [-0.3, -0.25) is 19.2 Å². The normalized spacial score (nSPS) is 20.7. The van der Waals surface area contributed by atoms with Crippen molar-refractivity contribution >= 4 is 34.3 Å². The summed E-state index contributed by atoms with van der Waals surface area (Å²) in [7, 11) is 0. The van der Waals surface area contributed by atoms with Crippen LogP contribution in [0.25, 0.3) is 10.8 Å². The molecule has 0 radical (unpaired) electrons. The maximum atomic E-state index is 12.1. The van der Waals surface area contributed by atoms with Crippen molar-refractivity contribution in [3.05, 3.63) is 47.5 Å². The highest BCUT2D eigenvalue weighted by molar-refractivity contribution is 6.49. The van der Waals surface area contributed by atoms with Crippen molar-refractivity contribution in [1.82, 2.24) is 0 Å². The minimum atomic E-state index is -1.89. The molecule has 0 spiro atoms. The molecule has 2 unspecified atom stereocenters. The first-order valence-corrected chi connectivity index (χ1v) is 6.48. The topological polar surface area (TPSA) is 109 Å². The zero-order valence-corrected chi connectivity index (χ0v) is 11.1. The van der Waals surface area contributed by atoms with Crippen molar-refractivity contribution in [2.75, 3.05) is 0 Å². The van der Waals surface area contributed by atoms with Crippen LogP contribution in [0.4, 0.5) is 0 Å². The van der Waals surface area contributed by atoms with Crippen LogP contribution < -0.4 is 0 Å². The Bertz CT molecular complexity index is 851. The highest BCUT2D eigenvalue weighted by Gasteiger charge is 2.49. The molecule has 0 saturated carbocycles. The molecule has 110 valence electrons. The van der Waals surface area contributed by atoms with Crippen LogP contribution in [0, 0.1) is 5.92 Å². The van der Waals surface area contributed by atoms with Crippen molar-refractivity contribution in [1.29, 1.82) is 0 Å². The van der Waals surface area contributed by atoms with E-state index in [2.05, 4.69) is 0 Å². The van der Waals surface area contributed by atoms with Crippen molar-refractivity contribution in [3.63, 3.8) is 0 Å². The summed E-state index contributed by atoms with van der Waals surface area (Å²) in [5.74, 6) is -8.65. The number of carbonyl (C=O) groups excluding carboxylic acids is 2. The largest absolute Gasteiger partial charge is 0.481 e. The lowest BCUT2D eigenvalue weighted by atomic mass is 9.73. The molecule has 0 fully saturated rings. The van der Waals surface area contributed by atoms with E-state index in [4.69, 9.17) is 5.11 Å². The fourth-order valence-electron chi connectivity index (χ4n) is 2.85. The molecule has 2 atom stereocenters. The number of benzene rings is 2. The van der Waals surface area contributed by atoms with E-state index in [-0.39, 0.29) is 11.1 Å². The summed E-state index contributed by atoms with van der Waals surface area (Å²) < 4.78 is 0. The summed E-state index contributed by atoms with van der Waals surface area (Å²) in [5, 5.41) is 19.9. The van der Waals surface area contributed by atoms with Crippen LogP contribution in [0.1, 0.15) is 21.8 Å². The van der Waals surface area contributed by atoms with Gasteiger partial charge in [0.2, 0.25) is 11.6 Å². The number of ketones is 2. The molecule has 6 heteroatoms. The Morgan fingerprint density at radius 2 is 1.41 bits per heavy atom. The van der Waals surface area contributed by atoms with Gasteiger partial charge in [-0.05, 0) is 28.5 Å². The third-order valence-corrected chi connectivity index (χ3v) is 3.87. The Hall–Kier alpha value is -3.02. The van der Waals surface area contributed by atoms with Gasteiger partial charge in [0.25, 0.3) is 0 Å². The molecule has 3 rings (SSSR count). The highest BCUT2D eigenvalue weighted by atomic mass is 16.4. The van der Waals surface area contributed by atoms with E-state index in [1.165, 1.54) is 12.1 Å². The SMILES string of the molecule is O=C1C(=O)C(C(=O)O)C(C(=O)O)c2cc3ccccc3cc21. The number of aliphatic carboxylic acids is 2. The first-order chi connectivity index (χ1) is 10.4. The van der Waals surface area contributed by atoms with Crippen molar-refractivity contribution in [2.24, 2.45) is 5.92 Å². The molecule has 0 amide bonds. The molecule has 0 aromatic heterocycles. The summed E-state index contributed by atoms with van der Waals surface area (Å²) in [4.78, 5) is 46.9. The van der Waals surface area contributed by atoms with E-state index in [1.807, 2.05) is 0 Å². The van der Waals surface area contributed by atoms with E-state index < -0.39 is 35.3 Å². The van der Waals surface area contributed by atoms with Gasteiger partial charge in [-0.15, -0.1) is 0 Å². The standard InChI is InChI=1S/C16H10O6/c17-13-10-6-8-4-2-1-3-7(8)5-9(10)11(15(19)20)12(14(13)18)16(21)22/h1-6,11-12H,(H,19,20)(H,21,22). The fraction of sp³-hybridized carbons (Fsp3) is 0.125. The number of rotatable bonds is 2. The van der Waals surface area contributed by atoms with Gasteiger partial charge in [-0.2, -0.15) is 0 Å². The lowest BCUT2D eigenvalue weighted by Crippen LogP contribution is -2.42. The predicted octanol–water partition coefficient (Wildman–Crippen LogP) is 1.47. The van der Waals surface area contributed by atoms with Gasteiger partial charge >= 0.3 is 11.9 Å². The zero-order chi connectivity index (χ0) is 16.0. The Morgan fingerprint density at radius 1 is 0.864 bits per heavy atom. The lowest BCUT2D eigenvalue weighted by molar-refractivity contribution is -0.153. The first-order valence-electron chi connectivity index (χ1n) is 6.48. The second-order valence-corrected chi connectivity index (χ2v) is 5.11. The van der Waals surface area contributed by atoms with Gasteiger partial charge in [-0.1, -0.05) is 24.3 Å². The number of carboxylic acid groups (broad SMARTS) is 2. The molecule has 2 aromatic rings. The monoisotopic (exact) mass is 298 g/mol. The van der Waals surface area contributed by atoms with Crippen LogP contribution in [-0.4, -0.2) is 33.7 Å². The highest BCUT2D eigenvalue weighted by Crippen LogP contribution is 2.37. The van der Waals surface area contributed by atoms with Crippen LogP contribution in [0.2, 0.25) is 0 Å². The number of fused-ring (bicyclic) bond motifs is 2. The van der Waals surface area contributed by atoms with Crippen molar-refractivity contribution < 1.29 is 29.4 Å². The van der Waals surface area contributed by atoms with Gasteiger partial charge in [0.05, 0.1) is 0 Å². The average Bonchev–Trinajstić information content (AvgIpc) is 2.48. The van der Waals surface area contributed by atoms with Gasteiger partial charge in [0, 0.05) is 5.56 Å². The molecular weight excluding hydrogens is 288 g/mol. The minimum Gasteiger partial charge on any atom is -0.481 e. The predicted molar refractivity (Wildman–Crippen MR) is 74.8 cm³/mol. The molecule has 6 nitrogen and oxygen atoms in total. The van der Waals surface area contributed by atoms with E-state index in [0.29, 0.717) is 10.8 Å². The first kappa shape index (κ1) is 13.9. The third kappa shape index (κ3) is 1.88. The number of hydrogen-bond donors (Lipinski definition) is 2. The number of Topliss-reactive ketones (excluding diaryl/α,β-unsaturated/α-hetero) is 2. The maximum absolute atomic E-state index is 12.1. The molecule has 2 N–H and O–H groups in total. The summed E-state index contributed by atoms with van der Waals surface area (Å²) in [6.07, 6.45) is 0. The van der Waals surface area contributed by atoms with E-state index in [1.54, 1.807) is 24.3 Å². The summed E-state index contributed by atoms with van der Waals surface area (Å²) in [5.41, 5.74) is 0.0387. The van der Waals surface area contributed by atoms with E-state index in [9.17, 15) is 24.3 Å². The zero-order valence-electron chi connectivity index (χ0n) is 11.1. The van der Waals surface area contributed by atoms with Gasteiger partial charge in [0.1, 0.15) is 11.8 Å². The molecule has 2 aromatic carbocycles. The Morgan fingerprint density at radius 3 is 1.95 bits per heavy atom. The fourth-order valence-corrected chi connectivity index (χ4v) is 2.85. The minimum absolute atomic E-state index is 0.0337.